The highest BCUT2D eigenvalue weighted by Crippen LogP contribution is 2.27. The molecule has 0 bridgehead atoms. The number of para-hydroxylation sites is 1. The van der Waals surface area contributed by atoms with Crippen molar-refractivity contribution in [3.8, 4) is 5.69 Å². The minimum Gasteiger partial charge on any atom is -0.379 e. The number of nitrogens with one attached hydrogen (secondary N) is 2. The first-order valence-electron chi connectivity index (χ1n) is 9.51. The fourth-order valence-corrected chi connectivity index (χ4v) is 4.31. The molecule has 3 aromatic heterocycles. The van der Waals surface area contributed by atoms with Crippen LogP contribution in [0, 0.1) is 0 Å². The number of pyridine rings is 1. The lowest BCUT2D eigenvalue weighted by atomic mass is 10.2. The summed E-state index contributed by atoms with van der Waals surface area (Å²) in [5.41, 5.74) is 3.22. The number of rotatable bonds is 5. The van der Waals surface area contributed by atoms with Crippen molar-refractivity contribution in [1.29, 1.82) is 0 Å². The number of hydrogen-bond acceptors (Lipinski definition) is 6. The second-order valence-electron chi connectivity index (χ2n) is 6.97. The van der Waals surface area contributed by atoms with Gasteiger partial charge in [-0.2, -0.15) is 5.10 Å². The largest absolute Gasteiger partial charge is 0.379 e. The van der Waals surface area contributed by atoms with Gasteiger partial charge in [-0.1, -0.05) is 23.7 Å². The molecule has 1 unspecified atom stereocenters. The van der Waals surface area contributed by atoms with E-state index in [1.165, 1.54) is 11.3 Å². The van der Waals surface area contributed by atoms with Gasteiger partial charge in [0.2, 0.25) is 0 Å². The summed E-state index contributed by atoms with van der Waals surface area (Å²) in [6.45, 7) is 1.27. The number of thiophene rings is 1. The Morgan fingerprint density at radius 3 is 3.00 bits per heavy atom. The van der Waals surface area contributed by atoms with Gasteiger partial charge in [-0.15, -0.1) is 11.3 Å². The highest BCUT2D eigenvalue weighted by atomic mass is 35.5. The molecule has 0 saturated carbocycles. The number of amides is 1. The van der Waals surface area contributed by atoms with E-state index in [2.05, 4.69) is 20.7 Å². The summed E-state index contributed by atoms with van der Waals surface area (Å²) in [4.78, 5) is 17.7. The number of hydrogen-bond donors (Lipinski definition) is 2. The lowest BCUT2D eigenvalue weighted by Crippen LogP contribution is -2.34. The van der Waals surface area contributed by atoms with Gasteiger partial charge in [-0.25, -0.2) is 9.67 Å². The highest BCUT2D eigenvalue weighted by molar-refractivity contribution is 7.12. The van der Waals surface area contributed by atoms with Crippen molar-refractivity contribution in [3.05, 3.63) is 63.9 Å². The molecule has 1 aliphatic rings. The maximum atomic E-state index is 12.5. The second kappa shape index (κ2) is 8.06. The van der Waals surface area contributed by atoms with Crippen molar-refractivity contribution < 1.29 is 9.53 Å². The van der Waals surface area contributed by atoms with Crippen molar-refractivity contribution in [2.24, 2.45) is 0 Å². The third kappa shape index (κ3) is 3.77. The van der Waals surface area contributed by atoms with Gasteiger partial charge in [-0.05, 0) is 36.8 Å². The topological polar surface area (TPSA) is 81.1 Å². The summed E-state index contributed by atoms with van der Waals surface area (Å²) in [6.07, 6.45) is 2.56. The fourth-order valence-electron chi connectivity index (χ4n) is 3.35. The zero-order chi connectivity index (χ0) is 20.5. The smallest absolute Gasteiger partial charge is 0.261 e. The molecular weight excluding hydrogens is 422 g/mol. The van der Waals surface area contributed by atoms with Crippen LogP contribution in [0.2, 0.25) is 5.02 Å². The molecule has 1 amide bonds. The number of ether oxygens (including phenoxy) is 1. The molecule has 1 atom stereocenters. The zero-order valence-electron chi connectivity index (χ0n) is 15.8. The van der Waals surface area contributed by atoms with Crippen LogP contribution in [0.25, 0.3) is 16.7 Å². The summed E-state index contributed by atoms with van der Waals surface area (Å²) in [6, 6.07) is 13.3. The van der Waals surface area contributed by atoms with E-state index in [0.29, 0.717) is 28.9 Å². The molecule has 0 radical (unpaired) electrons. The normalized spacial score (nSPS) is 16.1. The Labute approximate surface area is 181 Å². The van der Waals surface area contributed by atoms with E-state index in [1.807, 2.05) is 47.8 Å². The van der Waals surface area contributed by atoms with Crippen LogP contribution >= 0.6 is 22.9 Å². The number of nitrogens with zero attached hydrogens (tertiary/aromatic N) is 3. The van der Waals surface area contributed by atoms with Crippen LogP contribution in [0.5, 0.6) is 0 Å². The van der Waals surface area contributed by atoms with Crippen LogP contribution in [-0.4, -0.2) is 39.9 Å². The average Bonchev–Trinajstić information content (AvgIpc) is 3.49. The minimum absolute atomic E-state index is 0.0810. The Bertz CT molecular complexity index is 1220. The lowest BCUT2D eigenvalue weighted by Gasteiger charge is -2.08. The monoisotopic (exact) mass is 439 g/mol. The summed E-state index contributed by atoms with van der Waals surface area (Å²) < 4.78 is 7.10. The molecule has 0 spiro atoms. The predicted octanol–water partition coefficient (Wildman–Crippen LogP) is 4.40. The van der Waals surface area contributed by atoms with Crippen molar-refractivity contribution in [3.63, 3.8) is 0 Å². The first-order valence-corrected chi connectivity index (χ1v) is 10.8. The number of fused-ring (bicyclic) bond motifs is 1. The van der Waals surface area contributed by atoms with Crippen LogP contribution in [-0.2, 0) is 4.74 Å². The molecule has 4 heterocycles. The van der Waals surface area contributed by atoms with Crippen molar-refractivity contribution in [1.82, 2.24) is 20.1 Å². The van der Waals surface area contributed by atoms with Gasteiger partial charge in [0.25, 0.3) is 5.91 Å². The maximum Gasteiger partial charge on any atom is 0.261 e. The van der Waals surface area contributed by atoms with Crippen LogP contribution < -0.4 is 10.6 Å². The lowest BCUT2D eigenvalue weighted by molar-refractivity contribution is 0.0934. The molecule has 1 saturated heterocycles. The quantitative estimate of drug-likeness (QED) is 0.481. The van der Waals surface area contributed by atoms with E-state index in [4.69, 9.17) is 16.3 Å². The highest BCUT2D eigenvalue weighted by Gasteiger charge is 2.20. The molecule has 30 heavy (non-hydrogen) atoms. The van der Waals surface area contributed by atoms with Gasteiger partial charge in [0, 0.05) is 12.0 Å². The van der Waals surface area contributed by atoms with Crippen LogP contribution in [0.15, 0.2) is 54.0 Å². The number of benzene rings is 1. The van der Waals surface area contributed by atoms with E-state index < -0.39 is 0 Å². The van der Waals surface area contributed by atoms with E-state index in [0.717, 1.165) is 28.8 Å². The fraction of sp³-hybridized carbons (Fsp3) is 0.190. The molecule has 7 nitrogen and oxygen atoms in total. The average molecular weight is 440 g/mol. The Balaban J connectivity index is 1.37. The van der Waals surface area contributed by atoms with Gasteiger partial charge < -0.3 is 15.4 Å². The molecule has 9 heteroatoms. The summed E-state index contributed by atoms with van der Waals surface area (Å²) in [7, 11) is 0. The molecule has 152 valence electrons. The molecule has 1 fully saturated rings. The first-order chi connectivity index (χ1) is 14.7. The van der Waals surface area contributed by atoms with Crippen LogP contribution in [0.4, 0.5) is 11.5 Å². The van der Waals surface area contributed by atoms with E-state index in [1.54, 1.807) is 10.9 Å². The van der Waals surface area contributed by atoms with Crippen molar-refractivity contribution in [2.75, 3.05) is 18.5 Å². The van der Waals surface area contributed by atoms with Gasteiger partial charge in [0.1, 0.15) is 11.3 Å². The Hall–Kier alpha value is -2.94. The van der Waals surface area contributed by atoms with Gasteiger partial charge >= 0.3 is 0 Å². The molecule has 0 aliphatic carbocycles. The van der Waals surface area contributed by atoms with Gasteiger partial charge in [0.15, 0.2) is 0 Å². The van der Waals surface area contributed by atoms with Gasteiger partial charge in [-0.3, -0.25) is 4.79 Å². The van der Waals surface area contributed by atoms with Crippen molar-refractivity contribution >= 4 is 51.4 Å². The number of carbonyl (C=O) groups excluding carboxylic acids is 1. The minimum atomic E-state index is -0.0810. The maximum absolute atomic E-state index is 12.5. The Morgan fingerprint density at radius 1 is 1.27 bits per heavy atom. The third-order valence-corrected chi connectivity index (χ3v) is 6.13. The van der Waals surface area contributed by atoms with Crippen LogP contribution in [0.3, 0.4) is 0 Å². The van der Waals surface area contributed by atoms with Crippen LogP contribution in [0.1, 0.15) is 16.1 Å². The number of carbonyl (C=O) groups is 1. The van der Waals surface area contributed by atoms with E-state index in [9.17, 15) is 4.79 Å². The van der Waals surface area contributed by atoms with E-state index in [-0.39, 0.29) is 11.9 Å². The molecule has 1 aromatic carbocycles. The Kier molecular flexibility index (Phi) is 5.12. The number of halogens is 1. The molecule has 5 rings (SSSR count). The molecule has 1 aliphatic heterocycles. The summed E-state index contributed by atoms with van der Waals surface area (Å²) >= 11 is 7.61. The Morgan fingerprint density at radius 2 is 2.17 bits per heavy atom. The number of aromatic nitrogens is 3. The van der Waals surface area contributed by atoms with E-state index >= 15 is 0 Å². The van der Waals surface area contributed by atoms with Crippen molar-refractivity contribution in [2.45, 2.75) is 12.5 Å². The summed E-state index contributed by atoms with van der Waals surface area (Å²) in [5.74, 6) is 0.599. The third-order valence-electron chi connectivity index (χ3n) is 4.88. The molecule has 4 aromatic rings. The molecular formula is C21H18ClN5O2S. The first kappa shape index (κ1) is 19.0. The zero-order valence-corrected chi connectivity index (χ0v) is 17.4. The SMILES string of the molecule is O=C(NC1CCOC1)c1cc(-n2ncc3nc(Nc4ccccc4Cl)ccc32)cs1. The van der Waals surface area contributed by atoms with Gasteiger partial charge in [0.05, 0.1) is 45.6 Å². The second-order valence-corrected chi connectivity index (χ2v) is 8.28. The molecule has 2 N–H and O–H groups in total. The summed E-state index contributed by atoms with van der Waals surface area (Å²) in [5, 5.41) is 13.2. The number of anilines is 2. The standard InChI is InChI=1S/C21H18ClN5O2S/c22-15-3-1-2-4-16(15)25-20-6-5-18-17(26-20)10-23-27(18)14-9-19(30-12-14)21(28)24-13-7-8-29-11-13/h1-6,9-10,12-13H,7-8,11H2,(H,24,28)(H,25,26). The predicted molar refractivity (Wildman–Crippen MR) is 118 cm³/mol.